The molecule has 0 bridgehead atoms. The average Bonchev–Trinajstić information content (AvgIpc) is 3.06. The first-order chi connectivity index (χ1) is 21.8. The Kier molecular flexibility index (Phi) is 13.0. The first kappa shape index (κ1) is 34.6. The van der Waals surface area contributed by atoms with Crippen LogP contribution in [0.2, 0.25) is 0 Å². The topological polar surface area (TPSA) is 98.9 Å². The molecule has 1 heterocycles. The second-order valence-corrected chi connectivity index (χ2v) is 13.1. The lowest BCUT2D eigenvalue weighted by atomic mass is 9.69. The average molecular weight is 619 g/mol. The lowest BCUT2D eigenvalue weighted by Crippen LogP contribution is -2.51. The van der Waals surface area contributed by atoms with Crippen molar-refractivity contribution in [2.24, 2.45) is 0 Å². The van der Waals surface area contributed by atoms with Crippen molar-refractivity contribution < 1.29 is 19.0 Å². The number of Topliss-reactive ketones (excluding diaryl/α,β-unsaturated/α-hetero) is 1. The molecule has 2 aromatic carbocycles. The number of nitrogens with one attached hydrogen (secondary N) is 2. The van der Waals surface area contributed by atoms with Gasteiger partial charge in [-0.3, -0.25) is 9.69 Å². The SMILES string of the molecule is COc1ccc([C@@](CCC=N)(CCN2CCN(C3CCCCC3)CC2)CC(=N)C(=O)Cc2cccc(OC(C)C)c2)cc1OC. The molecule has 4 rings (SSSR count). The van der Waals surface area contributed by atoms with Gasteiger partial charge in [0.2, 0.25) is 0 Å². The second-order valence-electron chi connectivity index (χ2n) is 13.1. The fourth-order valence-electron chi connectivity index (χ4n) is 7.11. The van der Waals surface area contributed by atoms with Crippen LogP contribution in [-0.4, -0.2) is 86.6 Å². The van der Waals surface area contributed by atoms with Gasteiger partial charge in [0, 0.05) is 50.5 Å². The molecule has 0 aromatic heterocycles. The van der Waals surface area contributed by atoms with Gasteiger partial charge in [-0.1, -0.05) is 37.5 Å². The van der Waals surface area contributed by atoms with Gasteiger partial charge in [0.1, 0.15) is 5.75 Å². The Morgan fingerprint density at radius 1 is 0.978 bits per heavy atom. The Morgan fingerprint density at radius 3 is 2.38 bits per heavy atom. The van der Waals surface area contributed by atoms with E-state index in [2.05, 4.69) is 15.9 Å². The predicted molar refractivity (Wildman–Crippen MR) is 182 cm³/mol. The highest BCUT2D eigenvalue weighted by atomic mass is 16.5. The van der Waals surface area contributed by atoms with Gasteiger partial charge < -0.3 is 29.9 Å². The highest BCUT2D eigenvalue weighted by molar-refractivity contribution is 6.39. The molecule has 2 N–H and O–H groups in total. The van der Waals surface area contributed by atoms with E-state index in [4.69, 9.17) is 25.0 Å². The van der Waals surface area contributed by atoms with Crippen LogP contribution in [0.25, 0.3) is 0 Å². The third kappa shape index (κ3) is 9.63. The van der Waals surface area contributed by atoms with E-state index in [1.807, 2.05) is 50.2 Å². The molecular weight excluding hydrogens is 564 g/mol. The number of ketones is 1. The molecule has 1 aliphatic heterocycles. The van der Waals surface area contributed by atoms with E-state index < -0.39 is 5.41 Å². The molecule has 1 saturated heterocycles. The van der Waals surface area contributed by atoms with Crippen molar-refractivity contribution in [1.82, 2.24) is 9.80 Å². The number of ether oxygens (including phenoxy) is 3. The lowest BCUT2D eigenvalue weighted by Gasteiger charge is -2.42. The molecule has 2 aliphatic rings. The van der Waals surface area contributed by atoms with Gasteiger partial charge >= 0.3 is 0 Å². The first-order valence-electron chi connectivity index (χ1n) is 16.8. The Hall–Kier alpha value is -3.23. The van der Waals surface area contributed by atoms with Crippen LogP contribution in [0.5, 0.6) is 17.2 Å². The number of nitrogens with zero attached hydrogens (tertiary/aromatic N) is 2. The summed E-state index contributed by atoms with van der Waals surface area (Å²) < 4.78 is 17.1. The van der Waals surface area contributed by atoms with Gasteiger partial charge in [-0.25, -0.2) is 0 Å². The summed E-state index contributed by atoms with van der Waals surface area (Å²) in [5, 5.41) is 17.0. The highest BCUT2D eigenvalue weighted by Gasteiger charge is 2.36. The monoisotopic (exact) mass is 618 g/mol. The van der Waals surface area contributed by atoms with Crippen LogP contribution in [-0.2, 0) is 16.6 Å². The quantitative estimate of drug-likeness (QED) is 0.191. The fourth-order valence-corrected chi connectivity index (χ4v) is 7.11. The van der Waals surface area contributed by atoms with Crippen molar-refractivity contribution in [2.75, 3.05) is 46.9 Å². The van der Waals surface area contributed by atoms with Gasteiger partial charge in [0.05, 0.1) is 26.0 Å². The van der Waals surface area contributed by atoms with E-state index in [0.29, 0.717) is 30.8 Å². The maximum absolute atomic E-state index is 13.6. The van der Waals surface area contributed by atoms with Crippen molar-refractivity contribution in [3.63, 3.8) is 0 Å². The maximum Gasteiger partial charge on any atom is 0.180 e. The van der Waals surface area contributed by atoms with Crippen LogP contribution < -0.4 is 14.2 Å². The zero-order valence-corrected chi connectivity index (χ0v) is 27.9. The number of hydrogen-bond donors (Lipinski definition) is 2. The minimum atomic E-state index is -0.507. The molecule has 0 radical (unpaired) electrons. The molecule has 45 heavy (non-hydrogen) atoms. The number of benzene rings is 2. The number of carbonyl (C=O) groups excluding carboxylic acids is 1. The highest BCUT2D eigenvalue weighted by Crippen LogP contribution is 2.41. The Bertz CT molecular complexity index is 1270. The van der Waals surface area contributed by atoms with Crippen molar-refractivity contribution >= 4 is 17.7 Å². The summed E-state index contributed by atoms with van der Waals surface area (Å²) in [7, 11) is 3.26. The zero-order valence-electron chi connectivity index (χ0n) is 27.9. The summed E-state index contributed by atoms with van der Waals surface area (Å²) in [6.07, 6.45) is 10.7. The number of hydrogen-bond acceptors (Lipinski definition) is 8. The summed E-state index contributed by atoms with van der Waals surface area (Å²) in [4.78, 5) is 18.8. The maximum atomic E-state index is 13.6. The third-order valence-electron chi connectivity index (χ3n) is 9.65. The smallest absolute Gasteiger partial charge is 0.180 e. The summed E-state index contributed by atoms with van der Waals surface area (Å²) in [5.41, 5.74) is 1.47. The number of carbonyl (C=O) groups is 1. The largest absolute Gasteiger partial charge is 0.493 e. The van der Waals surface area contributed by atoms with Crippen LogP contribution in [0.4, 0.5) is 0 Å². The minimum absolute atomic E-state index is 0.0421. The van der Waals surface area contributed by atoms with Gasteiger partial charge in [-0.15, -0.1) is 0 Å². The lowest BCUT2D eigenvalue weighted by molar-refractivity contribution is -0.112. The molecule has 246 valence electrons. The summed E-state index contributed by atoms with van der Waals surface area (Å²) in [6, 6.07) is 14.3. The zero-order chi connectivity index (χ0) is 32.2. The van der Waals surface area contributed by atoms with Gasteiger partial charge in [0.25, 0.3) is 0 Å². The normalized spacial score (nSPS) is 17.9. The summed E-state index contributed by atoms with van der Waals surface area (Å²) in [5.74, 6) is 1.83. The fraction of sp³-hybridized carbons (Fsp3) is 0.595. The summed E-state index contributed by atoms with van der Waals surface area (Å²) >= 11 is 0. The van der Waals surface area contributed by atoms with E-state index in [0.717, 1.165) is 62.1 Å². The molecule has 1 atom stereocenters. The van der Waals surface area contributed by atoms with E-state index in [1.54, 1.807) is 14.2 Å². The van der Waals surface area contributed by atoms with Crippen LogP contribution >= 0.6 is 0 Å². The van der Waals surface area contributed by atoms with Gasteiger partial charge in [0.15, 0.2) is 17.3 Å². The van der Waals surface area contributed by atoms with Crippen LogP contribution in [0.1, 0.15) is 82.8 Å². The molecule has 8 heteroatoms. The van der Waals surface area contributed by atoms with Gasteiger partial charge in [-0.05, 0) is 94.1 Å². The molecule has 0 unspecified atom stereocenters. The molecule has 1 saturated carbocycles. The van der Waals surface area contributed by atoms with Crippen LogP contribution in [0, 0.1) is 10.8 Å². The molecule has 1 aliphatic carbocycles. The van der Waals surface area contributed by atoms with Crippen molar-refractivity contribution in [3.8, 4) is 17.2 Å². The van der Waals surface area contributed by atoms with Crippen LogP contribution in [0.15, 0.2) is 42.5 Å². The number of rotatable bonds is 17. The second kappa shape index (κ2) is 16.9. The molecule has 0 amide bonds. The Balaban J connectivity index is 1.54. The molecule has 2 aromatic rings. The van der Waals surface area contributed by atoms with E-state index >= 15 is 0 Å². The molecule has 0 spiro atoms. The van der Waals surface area contributed by atoms with Gasteiger partial charge in [-0.2, -0.15) is 0 Å². The predicted octanol–water partition coefficient (Wildman–Crippen LogP) is 6.72. The number of piperazine rings is 1. The van der Waals surface area contributed by atoms with E-state index in [9.17, 15) is 4.79 Å². The molecular formula is C37H54N4O4. The number of methoxy groups -OCH3 is 2. The van der Waals surface area contributed by atoms with Crippen LogP contribution in [0.3, 0.4) is 0 Å². The Morgan fingerprint density at radius 2 is 1.71 bits per heavy atom. The standard InChI is InChI=1S/C37H54N4O4/c1-28(2)45-32-13-8-10-29(24-32)25-34(42)33(39)27-37(16-9-18-38,30-14-15-35(43-3)36(26-30)44-4)17-19-40-20-22-41(23-21-40)31-11-6-5-7-12-31/h8,10,13-15,18,24,26,28,31,38-39H,5-7,9,11-12,16-17,19-23,25,27H2,1-4H3/t37-/m0/s1. The first-order valence-corrected chi connectivity index (χ1v) is 16.8. The van der Waals surface area contributed by atoms with Crippen molar-refractivity contribution in [1.29, 1.82) is 10.8 Å². The minimum Gasteiger partial charge on any atom is -0.493 e. The Labute approximate surface area is 270 Å². The van der Waals surface area contributed by atoms with Crippen molar-refractivity contribution in [2.45, 2.75) is 95.6 Å². The van der Waals surface area contributed by atoms with E-state index in [-0.39, 0.29) is 24.0 Å². The van der Waals surface area contributed by atoms with Crippen molar-refractivity contribution in [3.05, 3.63) is 53.6 Å². The third-order valence-corrected chi connectivity index (χ3v) is 9.65. The summed E-state index contributed by atoms with van der Waals surface area (Å²) in [6.45, 7) is 9.10. The van der Waals surface area contributed by atoms with E-state index in [1.165, 1.54) is 38.3 Å². The molecule has 8 nitrogen and oxygen atoms in total. The molecule has 2 fully saturated rings.